The van der Waals surface area contributed by atoms with E-state index in [2.05, 4.69) is 30.6 Å². The van der Waals surface area contributed by atoms with Gasteiger partial charge in [0.05, 0.1) is 4.88 Å². The Hall–Kier alpha value is -2.51. The molecule has 3 heterocycles. The number of aromatic amines is 2. The minimum atomic E-state index is -0.375. The first-order valence-corrected chi connectivity index (χ1v) is 10.6. The highest BCUT2D eigenvalue weighted by atomic mass is 32.2. The lowest BCUT2D eigenvalue weighted by Crippen LogP contribution is -2.17. The number of aromatic nitrogens is 6. The minimum absolute atomic E-state index is 0.0722. The van der Waals surface area contributed by atoms with Gasteiger partial charge in [0.15, 0.2) is 11.0 Å². The van der Waals surface area contributed by atoms with Crippen molar-refractivity contribution >= 4 is 23.1 Å². The lowest BCUT2D eigenvalue weighted by atomic mass is 9.82. The number of nitriles is 1. The van der Waals surface area contributed by atoms with Crippen molar-refractivity contribution in [1.29, 1.82) is 5.26 Å². The van der Waals surface area contributed by atoms with E-state index in [1.807, 2.05) is 23.6 Å². The summed E-state index contributed by atoms with van der Waals surface area (Å²) in [5.74, 6) is 2.73. The van der Waals surface area contributed by atoms with E-state index in [0.29, 0.717) is 22.7 Å². The van der Waals surface area contributed by atoms with Crippen molar-refractivity contribution in [2.45, 2.75) is 36.8 Å². The summed E-state index contributed by atoms with van der Waals surface area (Å²) in [7, 11) is 0. The van der Waals surface area contributed by atoms with Crippen LogP contribution in [0.2, 0.25) is 0 Å². The summed E-state index contributed by atoms with van der Waals surface area (Å²) in [6.45, 7) is 0. The Morgan fingerprint density at radius 2 is 2.19 bits per heavy atom. The number of thioether (sulfide) groups is 1. The number of hydrogen-bond donors (Lipinski definition) is 2. The molecule has 1 saturated carbocycles. The summed E-state index contributed by atoms with van der Waals surface area (Å²) in [5, 5.41) is 26.0. The first kappa shape index (κ1) is 17.9. The van der Waals surface area contributed by atoms with Crippen molar-refractivity contribution in [1.82, 2.24) is 30.6 Å². The van der Waals surface area contributed by atoms with Crippen molar-refractivity contribution in [3.05, 3.63) is 39.3 Å². The summed E-state index contributed by atoms with van der Waals surface area (Å²) in [5.41, 5.74) is 0.170. The second-order valence-electron chi connectivity index (χ2n) is 6.50. The third kappa shape index (κ3) is 3.94. The molecule has 0 saturated heterocycles. The van der Waals surface area contributed by atoms with Crippen molar-refractivity contribution in [2.24, 2.45) is 5.92 Å². The zero-order valence-electron chi connectivity index (χ0n) is 14.4. The molecule has 3 aromatic heterocycles. The summed E-state index contributed by atoms with van der Waals surface area (Å²) < 4.78 is 0. The summed E-state index contributed by atoms with van der Waals surface area (Å²) in [4.78, 5) is 20.4. The van der Waals surface area contributed by atoms with Crippen LogP contribution in [0.1, 0.15) is 43.0 Å². The molecule has 2 N–H and O–H groups in total. The Morgan fingerprint density at radius 1 is 1.33 bits per heavy atom. The Bertz CT molecular complexity index is 983. The van der Waals surface area contributed by atoms with E-state index in [9.17, 15) is 10.1 Å². The Kier molecular flexibility index (Phi) is 5.31. The smallest absolute Gasteiger partial charge is 0.270 e. The van der Waals surface area contributed by atoms with E-state index in [-0.39, 0.29) is 11.1 Å². The number of H-pyrrole nitrogens is 2. The van der Waals surface area contributed by atoms with Gasteiger partial charge in [-0.1, -0.05) is 17.8 Å². The van der Waals surface area contributed by atoms with E-state index in [0.717, 1.165) is 42.1 Å². The first-order valence-electron chi connectivity index (χ1n) is 8.69. The van der Waals surface area contributed by atoms with Crippen LogP contribution in [-0.2, 0) is 0 Å². The molecule has 1 aliphatic carbocycles. The molecule has 10 heteroatoms. The molecule has 0 atom stereocenters. The van der Waals surface area contributed by atoms with Crippen LogP contribution in [0.15, 0.2) is 27.5 Å². The molecule has 27 heavy (non-hydrogen) atoms. The first-order chi connectivity index (χ1) is 13.2. The van der Waals surface area contributed by atoms with Gasteiger partial charge < -0.3 is 4.98 Å². The average Bonchev–Trinajstić information content (AvgIpc) is 3.40. The molecule has 3 aromatic rings. The van der Waals surface area contributed by atoms with Gasteiger partial charge in [0.2, 0.25) is 0 Å². The van der Waals surface area contributed by atoms with Gasteiger partial charge in [-0.3, -0.25) is 4.79 Å². The highest BCUT2D eigenvalue weighted by molar-refractivity contribution is 7.99. The fraction of sp³-hybridized carbons (Fsp3) is 0.412. The maximum absolute atomic E-state index is 12.3. The molecule has 0 amide bonds. The topological polar surface area (TPSA) is 124 Å². The number of nitrogens with zero attached hydrogens (tertiary/aromatic N) is 5. The Balaban J connectivity index is 1.42. The summed E-state index contributed by atoms with van der Waals surface area (Å²) in [6.07, 6.45) is 4.30. The van der Waals surface area contributed by atoms with E-state index in [4.69, 9.17) is 0 Å². The zero-order valence-corrected chi connectivity index (χ0v) is 16.0. The maximum atomic E-state index is 12.3. The molecule has 0 unspecified atom stereocenters. The predicted molar refractivity (Wildman–Crippen MR) is 102 cm³/mol. The molecule has 0 aliphatic heterocycles. The second-order valence-corrected chi connectivity index (χ2v) is 8.46. The summed E-state index contributed by atoms with van der Waals surface area (Å²) in [6, 6.07) is 5.74. The summed E-state index contributed by atoms with van der Waals surface area (Å²) >= 11 is 3.02. The molecule has 0 spiro atoms. The quantitative estimate of drug-likeness (QED) is 0.499. The van der Waals surface area contributed by atoms with Crippen molar-refractivity contribution in [3.8, 4) is 16.6 Å². The molecule has 0 bridgehead atoms. The average molecular weight is 400 g/mol. The molecule has 4 rings (SSSR count). The lowest BCUT2D eigenvalue weighted by molar-refractivity contribution is 0.344. The van der Waals surface area contributed by atoms with E-state index in [1.54, 1.807) is 11.8 Å². The van der Waals surface area contributed by atoms with Crippen molar-refractivity contribution in [2.75, 3.05) is 5.75 Å². The lowest BCUT2D eigenvalue weighted by Gasteiger charge is -2.26. The van der Waals surface area contributed by atoms with Crippen LogP contribution in [0.4, 0.5) is 0 Å². The van der Waals surface area contributed by atoms with Crippen molar-refractivity contribution < 1.29 is 0 Å². The van der Waals surface area contributed by atoms with Crippen LogP contribution in [-0.4, -0.2) is 36.3 Å². The SMILES string of the molecule is N#Cc1c(-c2cccs2)nc(SC[C@H]2CC[C@H](c3nnn[nH]3)CC2)[nH]c1=O. The third-order valence-electron chi connectivity index (χ3n) is 4.81. The normalized spacial score (nSPS) is 19.7. The van der Waals surface area contributed by atoms with E-state index in [1.165, 1.54) is 11.3 Å². The maximum Gasteiger partial charge on any atom is 0.270 e. The number of rotatable bonds is 5. The van der Waals surface area contributed by atoms with Crippen LogP contribution < -0.4 is 5.56 Å². The van der Waals surface area contributed by atoms with E-state index < -0.39 is 0 Å². The monoisotopic (exact) mass is 399 g/mol. The fourth-order valence-electron chi connectivity index (χ4n) is 3.36. The van der Waals surface area contributed by atoms with Crippen LogP contribution >= 0.6 is 23.1 Å². The van der Waals surface area contributed by atoms with Crippen LogP contribution in [0.25, 0.3) is 10.6 Å². The van der Waals surface area contributed by atoms with Gasteiger partial charge in [-0.05, 0) is 53.5 Å². The third-order valence-corrected chi connectivity index (χ3v) is 6.80. The van der Waals surface area contributed by atoms with Gasteiger partial charge in [0.25, 0.3) is 5.56 Å². The molecule has 0 radical (unpaired) electrons. The van der Waals surface area contributed by atoms with Crippen LogP contribution in [0, 0.1) is 17.2 Å². The largest absolute Gasteiger partial charge is 0.300 e. The standard InChI is InChI=1S/C17H17N7OS2/c18-8-12-14(13-2-1-7-26-13)19-17(20-16(12)25)27-9-10-3-5-11(6-4-10)15-21-23-24-22-15/h1-2,7,10-11H,3-6,9H2,(H,19,20,25)(H,21,22,23,24)/t10-,11-. The molecule has 1 aliphatic rings. The second kappa shape index (κ2) is 8.02. The predicted octanol–water partition coefficient (Wildman–Crippen LogP) is 2.95. The molecular formula is C17H17N7OS2. The fourth-order valence-corrected chi connectivity index (χ4v) is 5.12. The van der Waals surface area contributed by atoms with Gasteiger partial charge in [-0.15, -0.1) is 16.4 Å². The number of tetrazole rings is 1. The number of nitrogens with one attached hydrogen (secondary N) is 2. The number of hydrogen-bond acceptors (Lipinski definition) is 8. The van der Waals surface area contributed by atoms with Crippen LogP contribution in [0.5, 0.6) is 0 Å². The minimum Gasteiger partial charge on any atom is -0.300 e. The van der Waals surface area contributed by atoms with Crippen molar-refractivity contribution in [3.63, 3.8) is 0 Å². The molecule has 0 aromatic carbocycles. The highest BCUT2D eigenvalue weighted by Crippen LogP contribution is 2.36. The van der Waals surface area contributed by atoms with Crippen LogP contribution in [0.3, 0.4) is 0 Å². The van der Waals surface area contributed by atoms with E-state index >= 15 is 0 Å². The Labute approximate surface area is 163 Å². The van der Waals surface area contributed by atoms with Gasteiger partial charge >= 0.3 is 0 Å². The van der Waals surface area contributed by atoms with Gasteiger partial charge in [-0.25, -0.2) is 10.1 Å². The molecule has 1 fully saturated rings. The number of thiophene rings is 1. The highest BCUT2D eigenvalue weighted by Gasteiger charge is 2.25. The Morgan fingerprint density at radius 3 is 2.85 bits per heavy atom. The zero-order chi connectivity index (χ0) is 18.6. The molecule has 138 valence electrons. The molecular weight excluding hydrogens is 382 g/mol. The van der Waals surface area contributed by atoms with Gasteiger partial charge in [-0.2, -0.15) is 5.26 Å². The molecule has 8 nitrogen and oxygen atoms in total. The van der Waals surface area contributed by atoms with Gasteiger partial charge in [0, 0.05) is 11.7 Å². The van der Waals surface area contributed by atoms with Gasteiger partial charge in [0.1, 0.15) is 17.3 Å².